The molecule has 5 rings (SSSR count). The van der Waals surface area contributed by atoms with E-state index in [9.17, 15) is 0 Å². The highest BCUT2D eigenvalue weighted by Crippen LogP contribution is 2.31. The fourth-order valence-electron chi connectivity index (χ4n) is 3.78. The number of anilines is 1. The van der Waals surface area contributed by atoms with Gasteiger partial charge in [0.25, 0.3) is 5.71 Å². The van der Waals surface area contributed by atoms with Crippen molar-refractivity contribution in [3.05, 3.63) is 54.2 Å². The van der Waals surface area contributed by atoms with Crippen molar-refractivity contribution in [3.8, 4) is 5.75 Å². The van der Waals surface area contributed by atoms with Gasteiger partial charge in [-0.15, -0.1) is 0 Å². The van der Waals surface area contributed by atoms with Gasteiger partial charge in [0, 0.05) is 19.5 Å². The van der Waals surface area contributed by atoms with Crippen molar-refractivity contribution < 1.29 is 13.9 Å². The van der Waals surface area contributed by atoms with E-state index in [1.54, 1.807) is 7.11 Å². The molecule has 3 heterocycles. The Morgan fingerprint density at radius 2 is 2.00 bits per heavy atom. The van der Waals surface area contributed by atoms with Crippen molar-refractivity contribution >= 4 is 27.8 Å². The average molecular weight is 390 g/mol. The number of rotatable bonds is 4. The summed E-state index contributed by atoms with van der Waals surface area (Å²) in [4.78, 5) is 15.5. The third-order valence-corrected chi connectivity index (χ3v) is 5.33. The van der Waals surface area contributed by atoms with Crippen molar-refractivity contribution in [1.82, 2.24) is 15.0 Å². The lowest BCUT2D eigenvalue weighted by molar-refractivity contribution is 0.0397. The Morgan fingerprint density at radius 3 is 2.86 bits per heavy atom. The van der Waals surface area contributed by atoms with Gasteiger partial charge in [0.15, 0.2) is 17.2 Å². The molecule has 0 aliphatic carbocycles. The Morgan fingerprint density at radius 1 is 1.14 bits per heavy atom. The molecule has 0 N–H and O–H groups in total. The van der Waals surface area contributed by atoms with Gasteiger partial charge in [-0.2, -0.15) is 4.98 Å². The largest absolute Gasteiger partial charge is 0.497 e. The number of ether oxygens (including phenoxy) is 2. The molecule has 1 aliphatic rings. The van der Waals surface area contributed by atoms with Crippen LogP contribution in [0.1, 0.15) is 24.5 Å². The number of hydrogen-bond donors (Lipinski definition) is 0. The predicted octanol–water partition coefficient (Wildman–Crippen LogP) is 3.92. The summed E-state index contributed by atoms with van der Waals surface area (Å²) in [5.41, 5.74) is 2.40. The molecule has 7 nitrogen and oxygen atoms in total. The number of fused-ring (bicyclic) bond motifs is 2. The van der Waals surface area contributed by atoms with Gasteiger partial charge < -0.3 is 18.8 Å². The van der Waals surface area contributed by atoms with Crippen LogP contribution in [0, 0.1) is 0 Å². The minimum absolute atomic E-state index is 0.0437. The molecule has 1 fully saturated rings. The van der Waals surface area contributed by atoms with Crippen molar-refractivity contribution in [2.45, 2.75) is 19.4 Å². The van der Waals surface area contributed by atoms with E-state index in [1.165, 1.54) is 6.33 Å². The van der Waals surface area contributed by atoms with Crippen molar-refractivity contribution in [2.24, 2.45) is 0 Å². The third-order valence-electron chi connectivity index (χ3n) is 5.33. The number of oxazole rings is 1. The summed E-state index contributed by atoms with van der Waals surface area (Å²) in [6.07, 6.45) is 2.22. The van der Waals surface area contributed by atoms with Crippen LogP contribution in [-0.2, 0) is 11.2 Å². The molecular weight excluding hydrogens is 368 g/mol. The molecule has 1 aliphatic heterocycles. The van der Waals surface area contributed by atoms with E-state index in [1.807, 2.05) is 19.1 Å². The van der Waals surface area contributed by atoms with E-state index in [0.29, 0.717) is 24.8 Å². The lowest BCUT2D eigenvalue weighted by atomic mass is 10.0. The highest BCUT2D eigenvalue weighted by Gasteiger charge is 2.26. The van der Waals surface area contributed by atoms with Crippen LogP contribution in [0.15, 0.2) is 47.1 Å². The van der Waals surface area contributed by atoms with Crippen LogP contribution in [-0.4, -0.2) is 41.8 Å². The minimum atomic E-state index is -0.0437. The predicted molar refractivity (Wildman–Crippen MR) is 110 cm³/mol. The minimum Gasteiger partial charge on any atom is -0.497 e. The van der Waals surface area contributed by atoms with Crippen LogP contribution in [0.25, 0.3) is 22.0 Å². The number of hydrogen-bond acceptors (Lipinski definition) is 7. The first-order valence-corrected chi connectivity index (χ1v) is 9.80. The molecular formula is C22H22N4O3. The van der Waals surface area contributed by atoms with Crippen LogP contribution in [0.5, 0.6) is 5.75 Å². The van der Waals surface area contributed by atoms with E-state index in [2.05, 4.69) is 44.1 Å². The molecule has 1 atom stereocenters. The maximum atomic E-state index is 6.09. The van der Waals surface area contributed by atoms with Crippen molar-refractivity contribution in [1.29, 1.82) is 0 Å². The van der Waals surface area contributed by atoms with Gasteiger partial charge >= 0.3 is 0 Å². The second-order valence-electron chi connectivity index (χ2n) is 7.09. The quantitative estimate of drug-likeness (QED) is 0.523. The zero-order valence-electron chi connectivity index (χ0n) is 16.5. The standard InChI is InChI=1S/C22H22N4O3/c1-3-19-25-20-21(23-13-24-22(20)29-19)26-8-9-28-18(12-26)16-5-4-15-11-17(27-2)7-6-14(15)10-16/h4-7,10-11,13,18H,3,8-9,12H2,1-2H3. The molecule has 0 spiro atoms. The van der Waals surface area contributed by atoms with Crippen LogP contribution in [0.2, 0.25) is 0 Å². The molecule has 148 valence electrons. The fraction of sp³-hybridized carbons (Fsp3) is 0.318. The van der Waals surface area contributed by atoms with E-state index < -0.39 is 0 Å². The highest BCUT2D eigenvalue weighted by atomic mass is 16.5. The number of nitrogens with zero attached hydrogens (tertiary/aromatic N) is 4. The van der Waals surface area contributed by atoms with E-state index in [4.69, 9.17) is 13.9 Å². The van der Waals surface area contributed by atoms with Gasteiger partial charge in [-0.25, -0.2) is 9.97 Å². The Bertz CT molecular complexity index is 1170. The summed E-state index contributed by atoms with van der Waals surface area (Å²) in [5.74, 6) is 2.34. The lowest BCUT2D eigenvalue weighted by Gasteiger charge is -2.34. The molecule has 1 unspecified atom stereocenters. The second-order valence-corrected chi connectivity index (χ2v) is 7.09. The first kappa shape index (κ1) is 17.9. The zero-order chi connectivity index (χ0) is 19.8. The van der Waals surface area contributed by atoms with Crippen LogP contribution in [0.3, 0.4) is 0 Å². The van der Waals surface area contributed by atoms with Gasteiger partial charge in [-0.1, -0.05) is 25.1 Å². The molecule has 4 aromatic rings. The average Bonchev–Trinajstić information content (AvgIpc) is 3.22. The Kier molecular flexibility index (Phi) is 4.52. The van der Waals surface area contributed by atoms with Crippen LogP contribution < -0.4 is 9.64 Å². The molecule has 1 saturated heterocycles. The normalized spacial score (nSPS) is 17.2. The lowest BCUT2D eigenvalue weighted by Crippen LogP contribution is -2.39. The molecule has 7 heteroatoms. The smallest absolute Gasteiger partial charge is 0.252 e. The SMILES string of the molecule is CCc1nc2c(N3CCOC(c4ccc5cc(OC)ccc5c4)C3)ncnc2o1. The summed E-state index contributed by atoms with van der Waals surface area (Å²) in [5, 5.41) is 2.31. The van der Waals surface area contributed by atoms with E-state index in [-0.39, 0.29) is 6.10 Å². The fourth-order valence-corrected chi connectivity index (χ4v) is 3.78. The summed E-state index contributed by atoms with van der Waals surface area (Å²) < 4.78 is 17.1. The molecule has 29 heavy (non-hydrogen) atoms. The topological polar surface area (TPSA) is 73.5 Å². The van der Waals surface area contributed by atoms with E-state index >= 15 is 0 Å². The second kappa shape index (κ2) is 7.33. The number of aryl methyl sites for hydroxylation is 1. The zero-order valence-corrected chi connectivity index (χ0v) is 16.5. The van der Waals surface area contributed by atoms with Gasteiger partial charge in [-0.3, -0.25) is 0 Å². The third kappa shape index (κ3) is 3.27. The summed E-state index contributed by atoms with van der Waals surface area (Å²) >= 11 is 0. The number of aromatic nitrogens is 3. The van der Waals surface area contributed by atoms with Gasteiger partial charge in [0.2, 0.25) is 0 Å². The maximum Gasteiger partial charge on any atom is 0.252 e. The molecule has 2 aromatic heterocycles. The molecule has 0 bridgehead atoms. The molecule has 2 aromatic carbocycles. The van der Waals surface area contributed by atoms with Crippen LogP contribution in [0.4, 0.5) is 5.82 Å². The molecule has 0 saturated carbocycles. The van der Waals surface area contributed by atoms with E-state index in [0.717, 1.165) is 46.4 Å². The monoisotopic (exact) mass is 390 g/mol. The highest BCUT2D eigenvalue weighted by molar-refractivity contribution is 5.85. The van der Waals surface area contributed by atoms with Gasteiger partial charge in [0.05, 0.1) is 13.7 Å². The number of methoxy groups -OCH3 is 1. The Labute approximate surface area is 168 Å². The molecule has 0 radical (unpaired) electrons. The summed E-state index contributed by atoms with van der Waals surface area (Å²) in [6, 6.07) is 12.5. The first-order valence-electron chi connectivity index (χ1n) is 9.80. The Balaban J connectivity index is 1.45. The van der Waals surface area contributed by atoms with Crippen LogP contribution >= 0.6 is 0 Å². The van der Waals surface area contributed by atoms with Gasteiger partial charge in [-0.05, 0) is 34.5 Å². The Hall–Kier alpha value is -3.19. The van der Waals surface area contributed by atoms with Crippen molar-refractivity contribution in [2.75, 3.05) is 31.7 Å². The summed E-state index contributed by atoms with van der Waals surface area (Å²) in [6.45, 7) is 4.08. The summed E-state index contributed by atoms with van der Waals surface area (Å²) in [7, 11) is 1.68. The number of benzene rings is 2. The van der Waals surface area contributed by atoms with Crippen molar-refractivity contribution in [3.63, 3.8) is 0 Å². The number of morpholine rings is 1. The van der Waals surface area contributed by atoms with Gasteiger partial charge in [0.1, 0.15) is 18.2 Å². The maximum absolute atomic E-state index is 6.09. The molecule has 0 amide bonds. The first-order chi connectivity index (χ1) is 14.2.